The van der Waals surface area contributed by atoms with Crippen molar-refractivity contribution in [3.8, 4) is 11.3 Å². The molecule has 0 spiro atoms. The van der Waals surface area contributed by atoms with Crippen LogP contribution in [0.3, 0.4) is 0 Å². The van der Waals surface area contributed by atoms with E-state index in [-0.39, 0.29) is 5.76 Å². The second kappa shape index (κ2) is 6.45. The summed E-state index contributed by atoms with van der Waals surface area (Å²) in [4.78, 5) is 24.0. The number of carboxylic acid groups (broad SMARTS) is 1. The monoisotopic (exact) mass is 332 g/mol. The number of nitrogens with zero attached hydrogens (tertiary/aromatic N) is 1. The predicted molar refractivity (Wildman–Crippen MR) is 86.3 cm³/mol. The Hall–Kier alpha value is -2.28. The Morgan fingerprint density at radius 3 is 2.57 bits per heavy atom. The van der Waals surface area contributed by atoms with Gasteiger partial charge in [0.2, 0.25) is 5.76 Å². The molecule has 23 heavy (non-hydrogen) atoms. The third-order valence-electron chi connectivity index (χ3n) is 3.91. The molecule has 0 saturated carbocycles. The molecule has 1 aromatic carbocycles. The first-order chi connectivity index (χ1) is 11.1. The fourth-order valence-electron chi connectivity index (χ4n) is 2.52. The molecule has 2 N–H and O–H groups in total. The molecule has 1 saturated heterocycles. The van der Waals surface area contributed by atoms with Crippen LogP contribution in [-0.4, -0.2) is 39.2 Å². The van der Waals surface area contributed by atoms with Gasteiger partial charge in [-0.05, 0) is 24.3 Å². The van der Waals surface area contributed by atoms with E-state index in [1.165, 1.54) is 6.07 Å². The van der Waals surface area contributed by atoms with Crippen LogP contribution in [0.1, 0.15) is 23.4 Å². The van der Waals surface area contributed by atoms with Crippen LogP contribution in [0, 0.1) is 0 Å². The molecule has 0 unspecified atom stereocenters. The Morgan fingerprint density at radius 2 is 1.91 bits per heavy atom. The van der Waals surface area contributed by atoms with Crippen LogP contribution in [0.15, 0.2) is 40.9 Å². The molecule has 3 rings (SSSR count). The third-order valence-corrected chi connectivity index (χ3v) is 4.90. The van der Waals surface area contributed by atoms with Crippen LogP contribution in [-0.2, 0) is 4.79 Å². The Kier molecular flexibility index (Phi) is 4.38. The summed E-state index contributed by atoms with van der Waals surface area (Å²) in [6, 6.07) is 10.9. The van der Waals surface area contributed by atoms with Gasteiger partial charge in [-0.15, -0.1) is 0 Å². The molecule has 1 aromatic heterocycles. The van der Waals surface area contributed by atoms with Crippen molar-refractivity contribution in [1.29, 1.82) is 0 Å². The Bertz CT molecular complexity index is 708. The summed E-state index contributed by atoms with van der Waals surface area (Å²) in [5.74, 6) is -0.123. The number of thioether (sulfide) groups is 1. The van der Waals surface area contributed by atoms with Gasteiger partial charge in [0.1, 0.15) is 11.2 Å². The number of nitrogens with one attached hydrogen (secondary N) is 1. The van der Waals surface area contributed by atoms with E-state index in [0.717, 1.165) is 5.56 Å². The zero-order chi connectivity index (χ0) is 16.3. The Balaban J connectivity index is 1.78. The molecule has 1 aliphatic heterocycles. The van der Waals surface area contributed by atoms with Crippen LogP contribution in [0.5, 0.6) is 0 Å². The van der Waals surface area contributed by atoms with Crippen molar-refractivity contribution in [2.75, 3.05) is 11.5 Å². The molecule has 0 atom stereocenters. The number of rotatable bonds is 4. The van der Waals surface area contributed by atoms with Gasteiger partial charge in [0.15, 0.2) is 0 Å². The summed E-state index contributed by atoms with van der Waals surface area (Å²) in [6.07, 6.45) is 0.802. The summed E-state index contributed by atoms with van der Waals surface area (Å²) in [5.41, 5.74) is 0.152. The second-order valence-corrected chi connectivity index (χ2v) is 6.62. The zero-order valence-electron chi connectivity index (χ0n) is 12.3. The van der Waals surface area contributed by atoms with E-state index in [1.54, 1.807) is 11.8 Å². The fraction of sp³-hybridized carbons (Fsp3) is 0.312. The summed E-state index contributed by atoms with van der Waals surface area (Å²) in [5, 5.41) is 16.0. The highest BCUT2D eigenvalue weighted by atomic mass is 32.2. The van der Waals surface area contributed by atoms with E-state index in [9.17, 15) is 14.7 Å². The number of carboxylic acids is 1. The highest BCUT2D eigenvalue weighted by Crippen LogP contribution is 2.28. The fourth-order valence-corrected chi connectivity index (χ4v) is 3.71. The average Bonchev–Trinajstić information content (AvgIpc) is 3.06. The second-order valence-electron chi connectivity index (χ2n) is 5.40. The summed E-state index contributed by atoms with van der Waals surface area (Å²) in [7, 11) is 0. The molecular weight excluding hydrogens is 316 g/mol. The maximum atomic E-state index is 12.4. The molecule has 2 heterocycles. The lowest BCUT2D eigenvalue weighted by molar-refractivity contribution is -0.144. The first kappa shape index (κ1) is 15.6. The number of amides is 1. The van der Waals surface area contributed by atoms with Crippen molar-refractivity contribution in [2.45, 2.75) is 18.4 Å². The van der Waals surface area contributed by atoms with Crippen LogP contribution in [0.25, 0.3) is 11.3 Å². The number of carbonyl (C=O) groups excluding carboxylic acids is 1. The molecule has 0 bridgehead atoms. The number of hydrogen-bond donors (Lipinski definition) is 2. The minimum atomic E-state index is -1.22. The van der Waals surface area contributed by atoms with E-state index in [4.69, 9.17) is 4.52 Å². The van der Waals surface area contributed by atoms with E-state index in [0.29, 0.717) is 30.0 Å². The van der Waals surface area contributed by atoms with E-state index in [2.05, 4.69) is 10.5 Å². The van der Waals surface area contributed by atoms with Crippen LogP contribution < -0.4 is 5.32 Å². The molecular formula is C16H16N2O4S. The highest BCUT2D eigenvalue weighted by molar-refractivity contribution is 7.99. The van der Waals surface area contributed by atoms with Crippen molar-refractivity contribution in [3.63, 3.8) is 0 Å². The summed E-state index contributed by atoms with van der Waals surface area (Å²) >= 11 is 1.69. The maximum Gasteiger partial charge on any atom is 0.329 e. The van der Waals surface area contributed by atoms with Gasteiger partial charge in [-0.2, -0.15) is 11.8 Å². The van der Waals surface area contributed by atoms with Gasteiger partial charge in [-0.3, -0.25) is 4.79 Å². The van der Waals surface area contributed by atoms with Crippen molar-refractivity contribution in [3.05, 3.63) is 42.2 Å². The molecule has 2 aromatic rings. The summed E-state index contributed by atoms with van der Waals surface area (Å²) < 4.78 is 5.09. The highest BCUT2D eigenvalue weighted by Gasteiger charge is 2.42. The normalized spacial score (nSPS) is 16.7. The van der Waals surface area contributed by atoms with E-state index < -0.39 is 17.4 Å². The molecule has 6 nitrogen and oxygen atoms in total. The SMILES string of the molecule is O=C(NC1(C(=O)O)CCSCC1)c1cc(-c2ccccc2)no1. The number of aliphatic carboxylic acids is 1. The molecule has 1 fully saturated rings. The van der Waals surface area contributed by atoms with Gasteiger partial charge in [-0.1, -0.05) is 35.5 Å². The third kappa shape index (κ3) is 3.24. The molecule has 0 radical (unpaired) electrons. The number of carbonyl (C=O) groups is 2. The largest absolute Gasteiger partial charge is 0.480 e. The molecule has 1 amide bonds. The summed E-state index contributed by atoms with van der Waals surface area (Å²) in [6.45, 7) is 0. The van der Waals surface area contributed by atoms with Crippen LogP contribution in [0.4, 0.5) is 0 Å². The Morgan fingerprint density at radius 1 is 1.22 bits per heavy atom. The van der Waals surface area contributed by atoms with E-state index in [1.807, 2.05) is 30.3 Å². The zero-order valence-corrected chi connectivity index (χ0v) is 13.1. The number of aromatic nitrogens is 1. The number of benzene rings is 1. The first-order valence-corrected chi connectivity index (χ1v) is 8.42. The van der Waals surface area contributed by atoms with Crippen LogP contribution >= 0.6 is 11.8 Å². The minimum Gasteiger partial charge on any atom is -0.480 e. The van der Waals surface area contributed by atoms with Crippen molar-refractivity contribution >= 4 is 23.6 Å². The van der Waals surface area contributed by atoms with Gasteiger partial charge in [0.05, 0.1) is 0 Å². The maximum absolute atomic E-state index is 12.4. The molecule has 1 aliphatic rings. The van der Waals surface area contributed by atoms with Crippen molar-refractivity contribution < 1.29 is 19.2 Å². The van der Waals surface area contributed by atoms with Crippen LogP contribution in [0.2, 0.25) is 0 Å². The number of hydrogen-bond acceptors (Lipinski definition) is 5. The van der Waals surface area contributed by atoms with Gasteiger partial charge in [0, 0.05) is 11.6 Å². The Labute approximate surface area is 137 Å². The first-order valence-electron chi connectivity index (χ1n) is 7.26. The predicted octanol–water partition coefficient (Wildman–Crippen LogP) is 2.42. The molecule has 120 valence electrons. The molecule has 7 heteroatoms. The van der Waals surface area contributed by atoms with Crippen molar-refractivity contribution in [2.24, 2.45) is 0 Å². The lowest BCUT2D eigenvalue weighted by Crippen LogP contribution is -2.56. The average molecular weight is 332 g/mol. The lowest BCUT2D eigenvalue weighted by atomic mass is 9.92. The van der Waals surface area contributed by atoms with Gasteiger partial charge in [-0.25, -0.2) is 4.79 Å². The standard InChI is InChI=1S/C16H16N2O4S/c19-14(17-16(15(20)21)6-8-23-9-7-16)13-10-12(18-22-13)11-4-2-1-3-5-11/h1-5,10H,6-9H2,(H,17,19)(H,20,21). The topological polar surface area (TPSA) is 92.4 Å². The lowest BCUT2D eigenvalue weighted by Gasteiger charge is -2.33. The minimum absolute atomic E-state index is 0.0164. The van der Waals surface area contributed by atoms with E-state index >= 15 is 0 Å². The van der Waals surface area contributed by atoms with Crippen molar-refractivity contribution in [1.82, 2.24) is 10.5 Å². The van der Waals surface area contributed by atoms with Gasteiger partial charge >= 0.3 is 5.97 Å². The quantitative estimate of drug-likeness (QED) is 0.893. The molecule has 0 aliphatic carbocycles. The van der Waals surface area contributed by atoms with Gasteiger partial charge in [0.25, 0.3) is 5.91 Å². The smallest absolute Gasteiger partial charge is 0.329 e. The van der Waals surface area contributed by atoms with Gasteiger partial charge < -0.3 is 14.9 Å².